The smallest absolute Gasteiger partial charge is 0.163 e. The van der Waals surface area contributed by atoms with Crippen LogP contribution in [-0.2, 0) is 0 Å². The van der Waals surface area contributed by atoms with Gasteiger partial charge >= 0.3 is 0 Å². The molecule has 1 heterocycles. The summed E-state index contributed by atoms with van der Waals surface area (Å²) in [6.07, 6.45) is 0. The fourth-order valence-corrected chi connectivity index (χ4v) is 2.28. The van der Waals surface area contributed by atoms with Gasteiger partial charge in [-0.2, -0.15) is 10.4 Å². The fourth-order valence-electron chi connectivity index (χ4n) is 2.07. The topological polar surface area (TPSA) is 41.6 Å². The number of rotatable bonds is 2. The molecule has 102 valence electrons. The summed E-state index contributed by atoms with van der Waals surface area (Å²) in [4.78, 5) is 0. The SMILES string of the molecule is N#Cc1cc(-c2ccc(F)cc2)n(-c2ccccc2Cl)n1. The average Bonchev–Trinajstić information content (AvgIpc) is 2.92. The second-order valence-corrected chi connectivity index (χ2v) is 4.80. The normalized spacial score (nSPS) is 10.3. The van der Waals surface area contributed by atoms with Crippen molar-refractivity contribution in [1.82, 2.24) is 9.78 Å². The van der Waals surface area contributed by atoms with E-state index in [1.165, 1.54) is 12.1 Å². The average molecular weight is 298 g/mol. The Morgan fingerprint density at radius 3 is 2.48 bits per heavy atom. The van der Waals surface area contributed by atoms with E-state index in [2.05, 4.69) is 5.10 Å². The molecule has 5 heteroatoms. The molecule has 0 saturated heterocycles. The summed E-state index contributed by atoms with van der Waals surface area (Å²) in [6.45, 7) is 0. The largest absolute Gasteiger partial charge is 0.230 e. The van der Waals surface area contributed by atoms with E-state index in [1.54, 1.807) is 28.9 Å². The monoisotopic (exact) mass is 297 g/mol. The molecule has 21 heavy (non-hydrogen) atoms. The second kappa shape index (κ2) is 5.39. The van der Waals surface area contributed by atoms with Crippen molar-refractivity contribution < 1.29 is 4.39 Å². The Labute approximate surface area is 125 Å². The second-order valence-electron chi connectivity index (χ2n) is 4.40. The van der Waals surface area contributed by atoms with E-state index in [9.17, 15) is 4.39 Å². The van der Waals surface area contributed by atoms with Crippen molar-refractivity contribution >= 4 is 11.6 Å². The maximum absolute atomic E-state index is 13.1. The Hall–Kier alpha value is -2.64. The van der Waals surface area contributed by atoms with Gasteiger partial charge in [-0.1, -0.05) is 23.7 Å². The van der Waals surface area contributed by atoms with Crippen molar-refractivity contribution in [2.75, 3.05) is 0 Å². The first-order valence-electron chi connectivity index (χ1n) is 6.20. The third-order valence-corrected chi connectivity index (χ3v) is 3.36. The molecule has 0 atom stereocenters. The van der Waals surface area contributed by atoms with Crippen molar-refractivity contribution in [3.05, 3.63) is 71.1 Å². The van der Waals surface area contributed by atoms with Crippen LogP contribution in [0.25, 0.3) is 16.9 Å². The molecule has 0 amide bonds. The van der Waals surface area contributed by atoms with Gasteiger partial charge in [-0.15, -0.1) is 0 Å². The van der Waals surface area contributed by atoms with Gasteiger partial charge in [-0.25, -0.2) is 9.07 Å². The van der Waals surface area contributed by atoms with E-state index < -0.39 is 0 Å². The zero-order valence-electron chi connectivity index (χ0n) is 10.8. The molecular formula is C16H9ClFN3. The van der Waals surface area contributed by atoms with Gasteiger partial charge in [0, 0.05) is 11.6 Å². The Bertz CT molecular complexity index is 831. The van der Waals surface area contributed by atoms with Gasteiger partial charge in [0.25, 0.3) is 0 Å². The van der Waals surface area contributed by atoms with Gasteiger partial charge in [0.05, 0.1) is 16.4 Å². The summed E-state index contributed by atoms with van der Waals surface area (Å²) < 4.78 is 14.7. The summed E-state index contributed by atoms with van der Waals surface area (Å²) in [5.41, 5.74) is 2.37. The van der Waals surface area contributed by atoms with E-state index >= 15 is 0 Å². The van der Waals surface area contributed by atoms with Crippen molar-refractivity contribution in [2.24, 2.45) is 0 Å². The molecule has 1 aromatic heterocycles. The first kappa shape index (κ1) is 13.3. The van der Waals surface area contributed by atoms with Crippen LogP contribution in [-0.4, -0.2) is 9.78 Å². The lowest BCUT2D eigenvalue weighted by atomic mass is 10.1. The van der Waals surface area contributed by atoms with Gasteiger partial charge in [0.15, 0.2) is 5.69 Å². The molecular weight excluding hydrogens is 289 g/mol. The molecule has 2 aromatic carbocycles. The van der Waals surface area contributed by atoms with Gasteiger partial charge in [-0.3, -0.25) is 0 Å². The summed E-state index contributed by atoms with van der Waals surface area (Å²) >= 11 is 6.19. The van der Waals surface area contributed by atoms with E-state index in [1.807, 2.05) is 24.3 Å². The highest BCUT2D eigenvalue weighted by atomic mass is 35.5. The summed E-state index contributed by atoms with van der Waals surface area (Å²) in [5.74, 6) is -0.317. The van der Waals surface area contributed by atoms with Crippen molar-refractivity contribution in [3.8, 4) is 23.0 Å². The molecule has 3 nitrogen and oxygen atoms in total. The Morgan fingerprint density at radius 2 is 1.81 bits per heavy atom. The predicted molar refractivity (Wildman–Crippen MR) is 78.7 cm³/mol. The van der Waals surface area contributed by atoms with Crippen LogP contribution in [0.2, 0.25) is 5.02 Å². The van der Waals surface area contributed by atoms with Crippen LogP contribution in [0.15, 0.2) is 54.6 Å². The van der Waals surface area contributed by atoms with Crippen molar-refractivity contribution in [2.45, 2.75) is 0 Å². The third kappa shape index (κ3) is 2.51. The number of hydrogen-bond acceptors (Lipinski definition) is 2. The lowest BCUT2D eigenvalue weighted by Crippen LogP contribution is -2.00. The van der Waals surface area contributed by atoms with Crippen LogP contribution in [0.4, 0.5) is 4.39 Å². The maximum atomic E-state index is 13.1. The molecule has 0 fully saturated rings. The van der Waals surface area contributed by atoms with Crippen LogP contribution in [0, 0.1) is 17.1 Å². The lowest BCUT2D eigenvalue weighted by Gasteiger charge is -2.09. The van der Waals surface area contributed by atoms with Crippen LogP contribution in [0.5, 0.6) is 0 Å². The Kier molecular flexibility index (Phi) is 3.43. The van der Waals surface area contributed by atoms with Gasteiger partial charge in [0.1, 0.15) is 11.9 Å². The molecule has 0 radical (unpaired) electrons. The summed E-state index contributed by atoms with van der Waals surface area (Å²) in [5, 5.41) is 13.8. The molecule has 0 unspecified atom stereocenters. The van der Waals surface area contributed by atoms with Crippen LogP contribution < -0.4 is 0 Å². The van der Waals surface area contributed by atoms with E-state index in [0.717, 1.165) is 5.56 Å². The molecule has 3 aromatic rings. The Balaban J connectivity index is 2.22. The maximum Gasteiger partial charge on any atom is 0.163 e. The summed E-state index contributed by atoms with van der Waals surface area (Å²) in [6, 6.07) is 16.9. The molecule has 0 saturated carbocycles. The quantitative estimate of drug-likeness (QED) is 0.711. The molecule has 0 aliphatic carbocycles. The molecule has 0 aliphatic rings. The number of nitrogens with zero attached hydrogens (tertiary/aromatic N) is 3. The molecule has 0 bridgehead atoms. The van der Waals surface area contributed by atoms with Crippen LogP contribution >= 0.6 is 11.6 Å². The predicted octanol–water partition coefficient (Wildman–Crippen LogP) is 4.20. The zero-order chi connectivity index (χ0) is 14.8. The number of para-hydroxylation sites is 1. The molecule has 0 aliphatic heterocycles. The minimum atomic E-state index is -0.317. The number of benzene rings is 2. The number of halogens is 2. The number of aromatic nitrogens is 2. The van der Waals surface area contributed by atoms with Gasteiger partial charge in [-0.05, 0) is 36.4 Å². The van der Waals surface area contributed by atoms with E-state index in [0.29, 0.717) is 16.4 Å². The molecule has 0 spiro atoms. The number of hydrogen-bond donors (Lipinski definition) is 0. The van der Waals surface area contributed by atoms with Crippen LogP contribution in [0.1, 0.15) is 5.69 Å². The minimum Gasteiger partial charge on any atom is -0.230 e. The first-order chi connectivity index (χ1) is 10.2. The Morgan fingerprint density at radius 1 is 1.10 bits per heavy atom. The van der Waals surface area contributed by atoms with Crippen molar-refractivity contribution in [3.63, 3.8) is 0 Å². The van der Waals surface area contributed by atoms with E-state index in [4.69, 9.17) is 16.9 Å². The first-order valence-corrected chi connectivity index (χ1v) is 6.58. The number of nitriles is 1. The van der Waals surface area contributed by atoms with Gasteiger partial charge < -0.3 is 0 Å². The van der Waals surface area contributed by atoms with Gasteiger partial charge in [0.2, 0.25) is 0 Å². The van der Waals surface area contributed by atoms with Crippen molar-refractivity contribution in [1.29, 1.82) is 5.26 Å². The zero-order valence-corrected chi connectivity index (χ0v) is 11.5. The lowest BCUT2D eigenvalue weighted by molar-refractivity contribution is 0.628. The van der Waals surface area contributed by atoms with E-state index in [-0.39, 0.29) is 11.5 Å². The van der Waals surface area contributed by atoms with Crippen LogP contribution in [0.3, 0.4) is 0 Å². The standard InChI is InChI=1S/C16H9ClFN3/c17-14-3-1-2-4-15(14)21-16(9-13(10-19)20-21)11-5-7-12(18)8-6-11/h1-9H. The molecule has 0 N–H and O–H groups in total. The fraction of sp³-hybridized carbons (Fsp3) is 0. The highest BCUT2D eigenvalue weighted by molar-refractivity contribution is 6.32. The summed E-state index contributed by atoms with van der Waals surface area (Å²) in [7, 11) is 0. The molecule has 3 rings (SSSR count). The highest BCUT2D eigenvalue weighted by Crippen LogP contribution is 2.27. The third-order valence-electron chi connectivity index (χ3n) is 3.04. The highest BCUT2D eigenvalue weighted by Gasteiger charge is 2.13. The minimum absolute atomic E-state index is 0.272.